The Hall–Kier alpha value is -1.43. The van der Waals surface area contributed by atoms with Gasteiger partial charge in [-0.2, -0.15) is 0 Å². The van der Waals surface area contributed by atoms with Crippen molar-refractivity contribution >= 4 is 17.2 Å². The van der Waals surface area contributed by atoms with Crippen LogP contribution in [0.25, 0.3) is 10.6 Å². The number of hydrogen-bond donors (Lipinski definition) is 1. The van der Waals surface area contributed by atoms with Crippen molar-refractivity contribution in [1.82, 2.24) is 14.8 Å². The Morgan fingerprint density at radius 3 is 2.75 bits per heavy atom. The lowest BCUT2D eigenvalue weighted by atomic mass is 10.1. The van der Waals surface area contributed by atoms with Crippen LogP contribution < -0.4 is 5.73 Å². The molecule has 5 heteroatoms. The average Bonchev–Trinajstić information content (AvgIpc) is 2.89. The molecule has 1 aromatic carbocycles. The zero-order chi connectivity index (χ0) is 13.9. The van der Waals surface area contributed by atoms with Crippen molar-refractivity contribution in [3.63, 3.8) is 0 Å². The van der Waals surface area contributed by atoms with Gasteiger partial charge in [-0.25, -0.2) is 4.98 Å². The maximum absolute atomic E-state index is 5.70. The van der Waals surface area contributed by atoms with E-state index in [0.717, 1.165) is 37.7 Å². The number of piperazine rings is 1. The summed E-state index contributed by atoms with van der Waals surface area (Å²) in [6, 6.07) is 8.64. The summed E-state index contributed by atoms with van der Waals surface area (Å²) in [4.78, 5) is 9.24. The molecule has 0 unspecified atom stereocenters. The van der Waals surface area contributed by atoms with Crippen LogP contribution in [-0.4, -0.2) is 48.0 Å². The molecular weight excluding hydrogens is 268 g/mol. The number of likely N-dealkylation sites (N-methyl/N-ethyl adjacent to an activating group) is 1. The zero-order valence-electron chi connectivity index (χ0n) is 11.7. The van der Waals surface area contributed by atoms with E-state index >= 15 is 0 Å². The van der Waals surface area contributed by atoms with Crippen LogP contribution in [0.1, 0.15) is 5.56 Å². The fourth-order valence-corrected chi connectivity index (χ4v) is 3.19. The first-order valence-electron chi connectivity index (χ1n) is 6.92. The van der Waals surface area contributed by atoms with Crippen LogP contribution in [0.3, 0.4) is 0 Å². The maximum atomic E-state index is 5.70. The highest BCUT2D eigenvalue weighted by Gasteiger charge is 2.14. The highest BCUT2D eigenvalue weighted by Crippen LogP contribution is 2.25. The van der Waals surface area contributed by atoms with Crippen LogP contribution in [0, 0.1) is 0 Å². The third-order valence-corrected chi connectivity index (χ3v) is 4.61. The molecule has 0 radical (unpaired) electrons. The van der Waals surface area contributed by atoms with Crippen molar-refractivity contribution in [2.24, 2.45) is 0 Å². The van der Waals surface area contributed by atoms with Crippen molar-refractivity contribution in [2.75, 3.05) is 39.0 Å². The largest absolute Gasteiger partial charge is 0.383 e. The Labute approximate surface area is 123 Å². The van der Waals surface area contributed by atoms with Crippen molar-refractivity contribution < 1.29 is 0 Å². The molecule has 1 aromatic heterocycles. The molecular formula is C15H20N4S. The number of nitrogens with zero attached hydrogens (tertiary/aromatic N) is 3. The minimum Gasteiger partial charge on any atom is -0.383 e. The summed E-state index contributed by atoms with van der Waals surface area (Å²) in [5.41, 5.74) is 8.22. The molecule has 0 atom stereocenters. The number of nitrogen functional groups attached to an aromatic ring is 1. The molecule has 1 saturated heterocycles. The quantitative estimate of drug-likeness (QED) is 0.940. The number of hydrogen-bond acceptors (Lipinski definition) is 5. The summed E-state index contributed by atoms with van der Waals surface area (Å²) in [7, 11) is 2.19. The van der Waals surface area contributed by atoms with Gasteiger partial charge in [0, 0.05) is 43.7 Å². The summed E-state index contributed by atoms with van der Waals surface area (Å²) in [5.74, 6) is 0.606. The summed E-state index contributed by atoms with van der Waals surface area (Å²) < 4.78 is 0. The summed E-state index contributed by atoms with van der Waals surface area (Å²) >= 11 is 1.60. The number of aromatic nitrogens is 1. The molecule has 1 fully saturated rings. The second kappa shape index (κ2) is 5.91. The van der Waals surface area contributed by atoms with Gasteiger partial charge < -0.3 is 10.6 Å². The van der Waals surface area contributed by atoms with E-state index < -0.39 is 0 Å². The smallest absolute Gasteiger partial charge is 0.135 e. The van der Waals surface area contributed by atoms with E-state index in [1.54, 1.807) is 11.3 Å². The van der Waals surface area contributed by atoms with Crippen LogP contribution in [0.15, 0.2) is 29.6 Å². The number of thiazole rings is 1. The standard InChI is InChI=1S/C15H20N4S/c1-18-5-7-19(8-6-18)10-12-3-2-4-13(9-12)15-17-14(16)11-20-15/h2-4,9,11H,5-8,10,16H2,1H3. The lowest BCUT2D eigenvalue weighted by Crippen LogP contribution is -2.43. The van der Waals surface area contributed by atoms with Gasteiger partial charge in [0.25, 0.3) is 0 Å². The molecule has 0 bridgehead atoms. The molecule has 1 aliphatic rings. The number of nitrogens with two attached hydrogens (primary N) is 1. The molecule has 4 nitrogen and oxygen atoms in total. The Bertz CT molecular complexity index is 573. The fourth-order valence-electron chi connectivity index (χ4n) is 2.49. The van der Waals surface area contributed by atoms with Gasteiger partial charge in [-0.3, -0.25) is 4.90 Å². The molecule has 2 heterocycles. The van der Waals surface area contributed by atoms with E-state index in [4.69, 9.17) is 5.73 Å². The zero-order valence-corrected chi connectivity index (χ0v) is 12.6. The molecule has 2 N–H and O–H groups in total. The topological polar surface area (TPSA) is 45.4 Å². The van der Waals surface area contributed by atoms with Crippen LogP contribution in [0.5, 0.6) is 0 Å². The van der Waals surface area contributed by atoms with Crippen molar-refractivity contribution in [3.05, 3.63) is 35.2 Å². The first-order chi connectivity index (χ1) is 9.70. The van der Waals surface area contributed by atoms with Gasteiger partial charge in [0.2, 0.25) is 0 Å². The second-order valence-corrected chi connectivity index (χ2v) is 6.22. The molecule has 0 spiro atoms. The summed E-state index contributed by atoms with van der Waals surface area (Å²) in [6.45, 7) is 5.61. The van der Waals surface area contributed by atoms with E-state index in [2.05, 4.69) is 46.1 Å². The Kier molecular flexibility index (Phi) is 4.00. The van der Waals surface area contributed by atoms with Gasteiger partial charge in [0.15, 0.2) is 0 Å². The lowest BCUT2D eigenvalue weighted by molar-refractivity contribution is 0.148. The minimum atomic E-state index is 0.606. The van der Waals surface area contributed by atoms with E-state index in [1.165, 1.54) is 11.1 Å². The summed E-state index contributed by atoms with van der Waals surface area (Å²) in [5, 5.41) is 2.89. The molecule has 0 saturated carbocycles. The molecule has 0 amide bonds. The normalized spacial score (nSPS) is 17.4. The Morgan fingerprint density at radius 1 is 1.25 bits per heavy atom. The molecule has 1 aliphatic heterocycles. The van der Waals surface area contributed by atoms with E-state index in [0.29, 0.717) is 5.82 Å². The predicted molar refractivity (Wildman–Crippen MR) is 84.7 cm³/mol. The molecule has 20 heavy (non-hydrogen) atoms. The van der Waals surface area contributed by atoms with Gasteiger partial charge in [-0.1, -0.05) is 18.2 Å². The molecule has 0 aliphatic carbocycles. The van der Waals surface area contributed by atoms with Crippen molar-refractivity contribution in [3.8, 4) is 10.6 Å². The van der Waals surface area contributed by atoms with Gasteiger partial charge in [-0.15, -0.1) is 11.3 Å². The van der Waals surface area contributed by atoms with Crippen LogP contribution in [-0.2, 0) is 6.54 Å². The number of anilines is 1. The van der Waals surface area contributed by atoms with Crippen LogP contribution in [0.2, 0.25) is 0 Å². The van der Waals surface area contributed by atoms with E-state index in [-0.39, 0.29) is 0 Å². The SMILES string of the molecule is CN1CCN(Cc2cccc(-c3nc(N)cs3)c2)CC1. The van der Waals surface area contributed by atoms with Crippen molar-refractivity contribution in [2.45, 2.75) is 6.54 Å². The Morgan fingerprint density at radius 2 is 2.05 bits per heavy atom. The van der Waals surface area contributed by atoms with Crippen LogP contribution >= 0.6 is 11.3 Å². The Balaban J connectivity index is 1.71. The van der Waals surface area contributed by atoms with E-state index in [1.807, 2.05) is 5.38 Å². The third-order valence-electron chi connectivity index (χ3n) is 3.70. The maximum Gasteiger partial charge on any atom is 0.135 e. The number of rotatable bonds is 3. The molecule has 3 rings (SSSR count). The predicted octanol–water partition coefficient (Wildman–Crippen LogP) is 2.14. The first-order valence-corrected chi connectivity index (χ1v) is 7.80. The average molecular weight is 288 g/mol. The van der Waals surface area contributed by atoms with Gasteiger partial charge in [0.1, 0.15) is 10.8 Å². The lowest BCUT2D eigenvalue weighted by Gasteiger charge is -2.32. The molecule has 2 aromatic rings. The van der Waals surface area contributed by atoms with Crippen molar-refractivity contribution in [1.29, 1.82) is 0 Å². The van der Waals surface area contributed by atoms with E-state index in [9.17, 15) is 0 Å². The fraction of sp³-hybridized carbons (Fsp3) is 0.400. The van der Waals surface area contributed by atoms with Gasteiger partial charge in [-0.05, 0) is 18.7 Å². The highest BCUT2D eigenvalue weighted by atomic mass is 32.1. The first kappa shape index (κ1) is 13.5. The van der Waals surface area contributed by atoms with Gasteiger partial charge in [0.05, 0.1) is 0 Å². The summed E-state index contributed by atoms with van der Waals surface area (Å²) in [6.07, 6.45) is 0. The third kappa shape index (κ3) is 3.17. The minimum absolute atomic E-state index is 0.606. The molecule has 106 valence electrons. The number of benzene rings is 1. The highest BCUT2D eigenvalue weighted by molar-refractivity contribution is 7.13. The van der Waals surface area contributed by atoms with Crippen LogP contribution in [0.4, 0.5) is 5.82 Å². The van der Waals surface area contributed by atoms with Gasteiger partial charge >= 0.3 is 0 Å². The second-order valence-electron chi connectivity index (χ2n) is 5.36. The monoisotopic (exact) mass is 288 g/mol.